The SMILES string of the molecule is Cc1nc(COc2cccc(C(=O)NCCc3ccccc3)c2)cs1. The van der Waals surface area contributed by atoms with Gasteiger partial charge in [-0.3, -0.25) is 4.79 Å². The zero-order valence-corrected chi connectivity index (χ0v) is 14.9. The van der Waals surface area contributed by atoms with Crippen LogP contribution in [-0.2, 0) is 13.0 Å². The normalized spacial score (nSPS) is 10.4. The van der Waals surface area contributed by atoms with Crippen molar-refractivity contribution in [2.75, 3.05) is 6.54 Å². The first-order chi connectivity index (χ1) is 12.2. The third kappa shape index (κ3) is 5.16. The van der Waals surface area contributed by atoms with Crippen molar-refractivity contribution in [3.8, 4) is 5.75 Å². The van der Waals surface area contributed by atoms with E-state index in [-0.39, 0.29) is 5.91 Å². The van der Waals surface area contributed by atoms with Gasteiger partial charge in [-0.25, -0.2) is 4.98 Å². The lowest BCUT2D eigenvalue weighted by atomic mass is 10.1. The van der Waals surface area contributed by atoms with Crippen LogP contribution >= 0.6 is 11.3 Å². The molecular formula is C20H20N2O2S. The van der Waals surface area contributed by atoms with Gasteiger partial charge in [0.2, 0.25) is 0 Å². The Morgan fingerprint density at radius 3 is 2.76 bits per heavy atom. The Morgan fingerprint density at radius 2 is 2.00 bits per heavy atom. The molecule has 5 heteroatoms. The van der Waals surface area contributed by atoms with Gasteiger partial charge in [-0.1, -0.05) is 36.4 Å². The standard InChI is InChI=1S/C20H20N2O2S/c1-15-22-18(14-25-15)13-24-19-9-5-8-17(12-19)20(23)21-11-10-16-6-3-2-4-7-16/h2-9,12,14H,10-11,13H2,1H3,(H,21,23). The van der Waals surface area contributed by atoms with E-state index in [4.69, 9.17) is 4.74 Å². The van der Waals surface area contributed by atoms with E-state index in [2.05, 4.69) is 22.4 Å². The molecule has 0 fully saturated rings. The van der Waals surface area contributed by atoms with E-state index in [0.29, 0.717) is 24.5 Å². The Balaban J connectivity index is 1.52. The molecule has 3 rings (SSSR count). The van der Waals surface area contributed by atoms with Crippen LogP contribution < -0.4 is 10.1 Å². The van der Waals surface area contributed by atoms with Crippen LogP contribution in [0.1, 0.15) is 26.6 Å². The third-order valence-electron chi connectivity index (χ3n) is 3.69. The second-order valence-corrected chi connectivity index (χ2v) is 6.73. The van der Waals surface area contributed by atoms with Crippen molar-refractivity contribution < 1.29 is 9.53 Å². The molecule has 0 saturated carbocycles. The lowest BCUT2D eigenvalue weighted by Crippen LogP contribution is -2.25. The van der Waals surface area contributed by atoms with Crippen LogP contribution in [0.5, 0.6) is 5.75 Å². The molecule has 2 aromatic carbocycles. The average molecular weight is 352 g/mol. The molecule has 128 valence electrons. The molecule has 1 N–H and O–H groups in total. The van der Waals surface area contributed by atoms with E-state index in [1.54, 1.807) is 23.5 Å². The number of aryl methyl sites for hydroxylation is 1. The number of carbonyl (C=O) groups excluding carboxylic acids is 1. The summed E-state index contributed by atoms with van der Waals surface area (Å²) in [6.45, 7) is 2.98. The van der Waals surface area contributed by atoms with Crippen molar-refractivity contribution >= 4 is 17.2 Å². The van der Waals surface area contributed by atoms with E-state index in [1.165, 1.54) is 5.56 Å². The third-order valence-corrected chi connectivity index (χ3v) is 4.51. The summed E-state index contributed by atoms with van der Waals surface area (Å²) >= 11 is 1.60. The summed E-state index contributed by atoms with van der Waals surface area (Å²) in [7, 11) is 0. The largest absolute Gasteiger partial charge is 0.487 e. The molecule has 0 spiro atoms. The number of benzene rings is 2. The topological polar surface area (TPSA) is 51.2 Å². The first-order valence-corrected chi connectivity index (χ1v) is 9.05. The van der Waals surface area contributed by atoms with Gasteiger partial charge in [-0.2, -0.15) is 0 Å². The summed E-state index contributed by atoms with van der Waals surface area (Å²) in [6, 6.07) is 17.3. The highest BCUT2D eigenvalue weighted by Gasteiger charge is 2.07. The molecule has 1 aromatic heterocycles. The van der Waals surface area contributed by atoms with Crippen LogP contribution in [0, 0.1) is 6.92 Å². The Bertz CT molecular complexity index is 830. The quantitative estimate of drug-likeness (QED) is 0.699. The van der Waals surface area contributed by atoms with Crippen molar-refractivity contribution in [2.24, 2.45) is 0 Å². The van der Waals surface area contributed by atoms with Crippen molar-refractivity contribution in [1.82, 2.24) is 10.3 Å². The summed E-state index contributed by atoms with van der Waals surface area (Å²) in [6.07, 6.45) is 0.811. The van der Waals surface area contributed by atoms with Gasteiger partial charge >= 0.3 is 0 Å². The van der Waals surface area contributed by atoms with Gasteiger partial charge in [-0.05, 0) is 37.1 Å². The summed E-state index contributed by atoms with van der Waals surface area (Å²) in [5, 5.41) is 5.95. The molecule has 0 atom stereocenters. The zero-order valence-electron chi connectivity index (χ0n) is 14.1. The second kappa shape index (κ2) is 8.44. The minimum absolute atomic E-state index is 0.0918. The first kappa shape index (κ1) is 17.2. The summed E-state index contributed by atoms with van der Waals surface area (Å²) < 4.78 is 5.73. The Morgan fingerprint density at radius 1 is 1.16 bits per heavy atom. The van der Waals surface area contributed by atoms with Crippen molar-refractivity contribution in [3.05, 3.63) is 81.8 Å². The average Bonchev–Trinajstić information content (AvgIpc) is 3.06. The monoisotopic (exact) mass is 352 g/mol. The van der Waals surface area contributed by atoms with Gasteiger partial charge < -0.3 is 10.1 Å². The van der Waals surface area contributed by atoms with E-state index >= 15 is 0 Å². The number of nitrogens with zero attached hydrogens (tertiary/aromatic N) is 1. The summed E-state index contributed by atoms with van der Waals surface area (Å²) in [5.41, 5.74) is 2.71. The molecule has 1 heterocycles. The zero-order chi connectivity index (χ0) is 17.5. The molecular weight excluding hydrogens is 332 g/mol. The van der Waals surface area contributed by atoms with Gasteiger partial charge in [0.1, 0.15) is 12.4 Å². The number of hydrogen-bond donors (Lipinski definition) is 1. The molecule has 0 saturated heterocycles. The van der Waals surface area contributed by atoms with E-state index in [1.807, 2.05) is 42.6 Å². The Labute approximate surface area is 151 Å². The van der Waals surface area contributed by atoms with E-state index in [9.17, 15) is 4.79 Å². The molecule has 0 aliphatic heterocycles. The highest BCUT2D eigenvalue weighted by molar-refractivity contribution is 7.09. The first-order valence-electron chi connectivity index (χ1n) is 8.17. The van der Waals surface area contributed by atoms with Gasteiger partial charge in [-0.15, -0.1) is 11.3 Å². The summed E-state index contributed by atoms with van der Waals surface area (Å²) in [5.74, 6) is 0.576. The van der Waals surface area contributed by atoms with Crippen molar-refractivity contribution in [3.63, 3.8) is 0 Å². The maximum atomic E-state index is 12.3. The molecule has 0 unspecified atom stereocenters. The maximum absolute atomic E-state index is 12.3. The second-order valence-electron chi connectivity index (χ2n) is 5.67. The minimum atomic E-state index is -0.0918. The lowest BCUT2D eigenvalue weighted by Gasteiger charge is -2.08. The molecule has 1 amide bonds. The van der Waals surface area contributed by atoms with E-state index < -0.39 is 0 Å². The van der Waals surface area contributed by atoms with Crippen LogP contribution in [0.25, 0.3) is 0 Å². The van der Waals surface area contributed by atoms with Crippen LogP contribution in [0.3, 0.4) is 0 Å². The van der Waals surface area contributed by atoms with Crippen LogP contribution in [0.15, 0.2) is 60.0 Å². The number of nitrogens with one attached hydrogen (secondary N) is 1. The predicted octanol–water partition coefficient (Wildman–Crippen LogP) is 4.00. The molecule has 0 radical (unpaired) electrons. The van der Waals surface area contributed by atoms with Gasteiger partial charge in [0.15, 0.2) is 0 Å². The molecule has 0 aliphatic carbocycles. The number of amides is 1. The minimum Gasteiger partial charge on any atom is -0.487 e. The fourth-order valence-corrected chi connectivity index (χ4v) is 3.02. The summed E-state index contributed by atoms with van der Waals surface area (Å²) in [4.78, 5) is 16.7. The van der Waals surface area contributed by atoms with Crippen LogP contribution in [0.4, 0.5) is 0 Å². The Hall–Kier alpha value is -2.66. The van der Waals surface area contributed by atoms with Gasteiger partial charge in [0, 0.05) is 17.5 Å². The molecule has 25 heavy (non-hydrogen) atoms. The van der Waals surface area contributed by atoms with E-state index in [0.717, 1.165) is 17.1 Å². The maximum Gasteiger partial charge on any atom is 0.251 e. The van der Waals surface area contributed by atoms with Crippen molar-refractivity contribution in [2.45, 2.75) is 20.0 Å². The van der Waals surface area contributed by atoms with Gasteiger partial charge in [0.25, 0.3) is 5.91 Å². The predicted molar refractivity (Wildman–Crippen MR) is 100 cm³/mol. The highest BCUT2D eigenvalue weighted by Crippen LogP contribution is 2.16. The number of rotatable bonds is 7. The van der Waals surface area contributed by atoms with Crippen molar-refractivity contribution in [1.29, 1.82) is 0 Å². The number of hydrogen-bond acceptors (Lipinski definition) is 4. The highest BCUT2D eigenvalue weighted by atomic mass is 32.1. The molecule has 4 nitrogen and oxygen atoms in total. The molecule has 0 bridgehead atoms. The smallest absolute Gasteiger partial charge is 0.251 e. The van der Waals surface area contributed by atoms with Crippen LogP contribution in [-0.4, -0.2) is 17.4 Å². The Kier molecular flexibility index (Phi) is 5.80. The van der Waals surface area contributed by atoms with Gasteiger partial charge in [0.05, 0.1) is 10.7 Å². The number of ether oxygens (including phenoxy) is 1. The fraction of sp³-hybridized carbons (Fsp3) is 0.200. The molecule has 3 aromatic rings. The van der Waals surface area contributed by atoms with Crippen LogP contribution in [0.2, 0.25) is 0 Å². The fourth-order valence-electron chi connectivity index (χ4n) is 2.43. The number of aromatic nitrogens is 1. The molecule has 0 aliphatic rings. The number of thiazole rings is 1. The number of carbonyl (C=O) groups is 1. The lowest BCUT2D eigenvalue weighted by molar-refractivity contribution is 0.0953.